The van der Waals surface area contributed by atoms with Gasteiger partial charge in [-0.15, -0.1) is 0 Å². The number of hydrogen-bond donors (Lipinski definition) is 1. The quantitative estimate of drug-likeness (QED) is 0.735. The second-order valence-electron chi connectivity index (χ2n) is 5.44. The van der Waals surface area contributed by atoms with E-state index in [4.69, 9.17) is 4.74 Å². The summed E-state index contributed by atoms with van der Waals surface area (Å²) in [6, 6.07) is 7.04. The van der Waals surface area contributed by atoms with Gasteiger partial charge in [-0.2, -0.15) is 0 Å². The molecule has 1 fully saturated rings. The van der Waals surface area contributed by atoms with Crippen molar-refractivity contribution < 1.29 is 9.53 Å². The molecule has 8 heteroatoms. The maximum absolute atomic E-state index is 12.4. The number of aromatic nitrogens is 2. The number of morpholine rings is 1. The third kappa shape index (κ3) is 3.75. The number of nitrogens with zero attached hydrogens (tertiary/aromatic N) is 3. The van der Waals surface area contributed by atoms with Crippen LogP contribution < -0.4 is 10.9 Å². The lowest BCUT2D eigenvalue weighted by molar-refractivity contribution is 0.0303. The number of amides is 1. The van der Waals surface area contributed by atoms with Crippen LogP contribution in [0.25, 0.3) is 0 Å². The minimum absolute atomic E-state index is 0.00634. The van der Waals surface area contributed by atoms with Crippen molar-refractivity contribution in [1.29, 1.82) is 0 Å². The Balaban J connectivity index is 1.75. The zero-order valence-corrected chi connectivity index (χ0v) is 15.3. The molecule has 24 heavy (non-hydrogen) atoms. The van der Waals surface area contributed by atoms with Crippen LogP contribution in [-0.4, -0.2) is 46.7 Å². The molecule has 1 aliphatic rings. The normalized spacial score (nSPS) is 14.5. The molecule has 3 rings (SSSR count). The number of halogens is 1. The lowest BCUT2D eigenvalue weighted by Gasteiger charge is -2.26. The molecule has 1 amide bonds. The average molecular weight is 440 g/mol. The van der Waals surface area contributed by atoms with Gasteiger partial charge in [-0.25, -0.2) is 4.98 Å². The van der Waals surface area contributed by atoms with Crippen LogP contribution in [0, 0.1) is 3.70 Å². The van der Waals surface area contributed by atoms with E-state index in [-0.39, 0.29) is 17.3 Å². The van der Waals surface area contributed by atoms with Gasteiger partial charge >= 0.3 is 0 Å². The van der Waals surface area contributed by atoms with Crippen LogP contribution >= 0.6 is 22.6 Å². The predicted molar refractivity (Wildman–Crippen MR) is 98.6 cm³/mol. The molecule has 0 saturated carbocycles. The zero-order valence-electron chi connectivity index (χ0n) is 13.2. The zero-order chi connectivity index (χ0) is 17.1. The van der Waals surface area contributed by atoms with Gasteiger partial charge in [-0.05, 0) is 46.9 Å². The second kappa shape index (κ2) is 7.31. The summed E-state index contributed by atoms with van der Waals surface area (Å²) in [4.78, 5) is 30.5. The molecule has 0 atom stereocenters. The molecule has 0 radical (unpaired) electrons. The summed E-state index contributed by atoms with van der Waals surface area (Å²) in [6.45, 7) is 2.38. The molecule has 1 aromatic heterocycles. The molecule has 1 saturated heterocycles. The highest BCUT2D eigenvalue weighted by atomic mass is 127. The van der Waals surface area contributed by atoms with Crippen molar-refractivity contribution in [2.75, 3.05) is 31.6 Å². The van der Waals surface area contributed by atoms with Gasteiger partial charge in [0, 0.05) is 37.6 Å². The van der Waals surface area contributed by atoms with Crippen LogP contribution in [0.5, 0.6) is 0 Å². The van der Waals surface area contributed by atoms with Crippen LogP contribution in [0.15, 0.2) is 35.3 Å². The topological polar surface area (TPSA) is 76.5 Å². The molecule has 1 aliphatic heterocycles. The highest BCUT2D eigenvalue weighted by molar-refractivity contribution is 14.1. The van der Waals surface area contributed by atoms with E-state index in [1.807, 2.05) is 0 Å². The van der Waals surface area contributed by atoms with Crippen LogP contribution in [0.4, 0.5) is 11.5 Å². The minimum Gasteiger partial charge on any atom is -0.378 e. The number of carbonyl (C=O) groups is 1. The van der Waals surface area contributed by atoms with Crippen LogP contribution in [0.2, 0.25) is 0 Å². The van der Waals surface area contributed by atoms with Crippen molar-refractivity contribution in [3.63, 3.8) is 0 Å². The summed E-state index contributed by atoms with van der Waals surface area (Å²) in [7, 11) is 1.68. The Bertz CT molecular complexity index is 798. The Kier molecular flexibility index (Phi) is 5.14. The smallest absolute Gasteiger partial charge is 0.293 e. The summed E-state index contributed by atoms with van der Waals surface area (Å²) in [5, 5.41) is 3.01. The molecule has 0 bridgehead atoms. The lowest BCUT2D eigenvalue weighted by atomic mass is 10.1. The fourth-order valence-electron chi connectivity index (χ4n) is 2.43. The fraction of sp³-hybridized carbons (Fsp3) is 0.312. The summed E-state index contributed by atoms with van der Waals surface area (Å²) >= 11 is 2.06. The lowest BCUT2D eigenvalue weighted by Crippen LogP contribution is -2.40. The van der Waals surface area contributed by atoms with Gasteiger partial charge in [-0.1, -0.05) is 0 Å². The second-order valence-corrected chi connectivity index (χ2v) is 6.54. The van der Waals surface area contributed by atoms with Crippen molar-refractivity contribution in [2.45, 2.75) is 0 Å². The number of aryl methyl sites for hydroxylation is 1. The first-order valence-corrected chi connectivity index (χ1v) is 8.60. The van der Waals surface area contributed by atoms with Crippen LogP contribution in [0.3, 0.4) is 0 Å². The molecule has 2 heterocycles. The first-order chi connectivity index (χ1) is 11.5. The number of hydrogen-bond acceptors (Lipinski definition) is 5. The van der Waals surface area contributed by atoms with Crippen LogP contribution in [0.1, 0.15) is 10.4 Å². The van der Waals surface area contributed by atoms with E-state index in [2.05, 4.69) is 32.9 Å². The van der Waals surface area contributed by atoms with Crippen molar-refractivity contribution in [3.05, 3.63) is 50.1 Å². The number of carbonyl (C=O) groups excluding carboxylic acids is 1. The summed E-state index contributed by atoms with van der Waals surface area (Å²) in [6.07, 6.45) is 1.66. The van der Waals surface area contributed by atoms with Gasteiger partial charge in [0.05, 0.1) is 13.2 Å². The van der Waals surface area contributed by atoms with Crippen molar-refractivity contribution in [1.82, 2.24) is 14.5 Å². The standard InChI is InChI=1S/C16H17IN4O3/c1-20-10-13(17)19-14(16(20)23)18-12-4-2-11(3-5-12)15(22)21-6-8-24-9-7-21/h2-5,10H,6-9H2,1H3,(H,18,19). The van der Waals surface area contributed by atoms with E-state index in [9.17, 15) is 9.59 Å². The van der Waals surface area contributed by atoms with E-state index in [1.54, 1.807) is 42.4 Å². The number of benzene rings is 1. The highest BCUT2D eigenvalue weighted by Gasteiger charge is 2.18. The number of anilines is 2. The Hall–Kier alpha value is -1.94. The molecule has 2 aromatic rings. The minimum atomic E-state index is -0.205. The van der Waals surface area contributed by atoms with E-state index < -0.39 is 0 Å². The Morgan fingerprint density at radius 1 is 1.25 bits per heavy atom. The largest absolute Gasteiger partial charge is 0.378 e. The number of nitrogens with one attached hydrogen (secondary N) is 1. The third-order valence-electron chi connectivity index (χ3n) is 3.73. The van der Waals surface area contributed by atoms with E-state index >= 15 is 0 Å². The summed E-state index contributed by atoms with van der Waals surface area (Å²) in [5.41, 5.74) is 1.12. The van der Waals surface area contributed by atoms with Gasteiger partial charge in [0.15, 0.2) is 5.82 Å². The van der Waals surface area contributed by atoms with E-state index in [0.29, 0.717) is 37.6 Å². The molecule has 0 unspecified atom stereocenters. The molecule has 126 valence electrons. The van der Waals surface area contributed by atoms with Crippen molar-refractivity contribution in [3.8, 4) is 0 Å². The van der Waals surface area contributed by atoms with Gasteiger partial charge in [0.1, 0.15) is 3.70 Å². The molecule has 7 nitrogen and oxygen atoms in total. The van der Waals surface area contributed by atoms with E-state index in [1.165, 1.54) is 4.57 Å². The average Bonchev–Trinajstić information content (AvgIpc) is 2.60. The van der Waals surface area contributed by atoms with Gasteiger partial charge < -0.3 is 19.5 Å². The van der Waals surface area contributed by atoms with Crippen LogP contribution in [-0.2, 0) is 11.8 Å². The van der Waals surface area contributed by atoms with Gasteiger partial charge in [-0.3, -0.25) is 9.59 Å². The molecule has 1 aromatic carbocycles. The van der Waals surface area contributed by atoms with Gasteiger partial charge in [0.2, 0.25) is 0 Å². The Morgan fingerprint density at radius 2 is 1.92 bits per heavy atom. The van der Waals surface area contributed by atoms with E-state index in [0.717, 1.165) is 3.70 Å². The molecule has 0 spiro atoms. The first-order valence-electron chi connectivity index (χ1n) is 7.52. The summed E-state index contributed by atoms with van der Waals surface area (Å²) in [5.74, 6) is 0.254. The summed E-state index contributed by atoms with van der Waals surface area (Å²) < 4.78 is 7.46. The SMILES string of the molecule is Cn1cc(I)nc(Nc2ccc(C(=O)N3CCOCC3)cc2)c1=O. The molecular weight excluding hydrogens is 423 g/mol. The fourth-order valence-corrected chi connectivity index (χ4v) is 3.09. The number of ether oxygens (including phenoxy) is 1. The Morgan fingerprint density at radius 3 is 2.58 bits per heavy atom. The number of rotatable bonds is 3. The third-order valence-corrected chi connectivity index (χ3v) is 4.25. The first kappa shape index (κ1) is 16.9. The highest BCUT2D eigenvalue weighted by Crippen LogP contribution is 2.15. The van der Waals surface area contributed by atoms with Crippen molar-refractivity contribution in [2.24, 2.45) is 7.05 Å². The molecular formula is C16H17IN4O3. The predicted octanol–water partition coefficient (Wildman–Crippen LogP) is 1.60. The monoisotopic (exact) mass is 440 g/mol. The maximum atomic E-state index is 12.4. The maximum Gasteiger partial charge on any atom is 0.293 e. The van der Waals surface area contributed by atoms with Crippen molar-refractivity contribution >= 4 is 40.0 Å². The molecule has 1 N–H and O–H groups in total. The molecule has 0 aliphatic carbocycles. The Labute approximate surface area is 152 Å². The van der Waals surface area contributed by atoms with Gasteiger partial charge in [0.25, 0.3) is 11.5 Å².